The van der Waals surface area contributed by atoms with Crippen LogP contribution in [0.5, 0.6) is 0 Å². The van der Waals surface area contributed by atoms with Crippen molar-refractivity contribution in [2.24, 2.45) is 0 Å². The van der Waals surface area contributed by atoms with Crippen molar-refractivity contribution in [3.05, 3.63) is 133 Å². The van der Waals surface area contributed by atoms with E-state index in [-0.39, 0.29) is 11.6 Å². The number of fused-ring (bicyclic) bond motifs is 2. The van der Waals surface area contributed by atoms with Crippen LogP contribution in [-0.2, 0) is 0 Å². The molecule has 2 heteroatoms. The highest BCUT2D eigenvalue weighted by Gasteiger charge is 2.18. The first kappa shape index (κ1) is 21.3. The van der Waals surface area contributed by atoms with Gasteiger partial charge in [-0.1, -0.05) is 109 Å². The SMILES string of the molecule is Fc1cc(-c2ccc3ccc4c(-c5ccc6ccccc6c5F)ccc5ccc2c3c54)c2ccccc2c1. The van der Waals surface area contributed by atoms with E-state index < -0.39 is 0 Å². The number of hydrogen-bond donors (Lipinski definition) is 0. The first-order chi connectivity index (χ1) is 18.7. The Morgan fingerprint density at radius 3 is 1.58 bits per heavy atom. The maximum Gasteiger partial charge on any atom is 0.138 e. The second-order valence-corrected chi connectivity index (χ2v) is 9.97. The summed E-state index contributed by atoms with van der Waals surface area (Å²) in [6.45, 7) is 0. The molecule has 38 heavy (non-hydrogen) atoms. The minimum Gasteiger partial charge on any atom is -0.207 e. The predicted molar refractivity (Wildman–Crippen MR) is 156 cm³/mol. The molecular formula is C36H20F2. The molecule has 0 aliphatic rings. The Labute approximate surface area is 217 Å². The van der Waals surface area contributed by atoms with Crippen molar-refractivity contribution in [1.82, 2.24) is 0 Å². The van der Waals surface area contributed by atoms with Crippen molar-refractivity contribution < 1.29 is 8.78 Å². The lowest BCUT2D eigenvalue weighted by atomic mass is 9.86. The highest BCUT2D eigenvalue weighted by atomic mass is 19.1. The Hall–Kier alpha value is -4.82. The van der Waals surface area contributed by atoms with Gasteiger partial charge < -0.3 is 0 Å². The summed E-state index contributed by atoms with van der Waals surface area (Å²) in [6, 6.07) is 39.3. The fourth-order valence-corrected chi connectivity index (χ4v) is 6.21. The Bertz CT molecular complexity index is 2210. The molecule has 0 aliphatic carbocycles. The molecule has 8 rings (SSSR count). The third-order valence-electron chi connectivity index (χ3n) is 7.93. The monoisotopic (exact) mass is 490 g/mol. The van der Waals surface area contributed by atoms with Gasteiger partial charge in [-0.2, -0.15) is 0 Å². The number of benzene rings is 8. The predicted octanol–water partition coefficient (Wildman–Crippen LogP) is 10.5. The zero-order valence-electron chi connectivity index (χ0n) is 20.3. The number of hydrogen-bond acceptors (Lipinski definition) is 0. The van der Waals surface area contributed by atoms with Crippen LogP contribution >= 0.6 is 0 Å². The van der Waals surface area contributed by atoms with Gasteiger partial charge in [0, 0.05) is 10.9 Å². The van der Waals surface area contributed by atoms with Gasteiger partial charge >= 0.3 is 0 Å². The lowest BCUT2D eigenvalue weighted by Crippen LogP contribution is -1.92. The van der Waals surface area contributed by atoms with E-state index in [0.29, 0.717) is 10.9 Å². The first-order valence-electron chi connectivity index (χ1n) is 12.7. The van der Waals surface area contributed by atoms with Gasteiger partial charge in [0.2, 0.25) is 0 Å². The molecule has 0 N–H and O–H groups in total. The molecule has 0 aromatic heterocycles. The third kappa shape index (κ3) is 2.95. The van der Waals surface area contributed by atoms with E-state index in [1.807, 2.05) is 66.7 Å². The summed E-state index contributed by atoms with van der Waals surface area (Å²) in [7, 11) is 0. The summed E-state index contributed by atoms with van der Waals surface area (Å²) < 4.78 is 30.5. The van der Waals surface area contributed by atoms with E-state index in [1.165, 1.54) is 0 Å². The van der Waals surface area contributed by atoms with E-state index in [0.717, 1.165) is 65.2 Å². The van der Waals surface area contributed by atoms with Crippen molar-refractivity contribution in [2.45, 2.75) is 0 Å². The Morgan fingerprint density at radius 1 is 0.342 bits per heavy atom. The van der Waals surface area contributed by atoms with Gasteiger partial charge in [-0.3, -0.25) is 0 Å². The maximum absolute atomic E-state index is 15.8. The van der Waals surface area contributed by atoms with Crippen LogP contribution in [-0.4, -0.2) is 0 Å². The van der Waals surface area contributed by atoms with E-state index in [2.05, 4.69) is 42.5 Å². The van der Waals surface area contributed by atoms with E-state index in [9.17, 15) is 4.39 Å². The van der Waals surface area contributed by atoms with Crippen molar-refractivity contribution in [3.8, 4) is 22.3 Å². The van der Waals surface area contributed by atoms with Crippen molar-refractivity contribution in [1.29, 1.82) is 0 Å². The molecule has 0 saturated carbocycles. The van der Waals surface area contributed by atoms with Crippen LogP contribution in [0.4, 0.5) is 8.78 Å². The van der Waals surface area contributed by atoms with Crippen molar-refractivity contribution >= 4 is 53.9 Å². The topological polar surface area (TPSA) is 0 Å². The molecule has 0 atom stereocenters. The molecule has 0 radical (unpaired) electrons. The Kier molecular flexibility index (Phi) is 4.39. The molecule has 8 aromatic carbocycles. The summed E-state index contributed by atoms with van der Waals surface area (Å²) in [5.41, 5.74) is 3.33. The molecule has 0 spiro atoms. The number of rotatable bonds is 2. The highest BCUT2D eigenvalue weighted by Crippen LogP contribution is 2.44. The van der Waals surface area contributed by atoms with Gasteiger partial charge in [0.1, 0.15) is 11.6 Å². The molecule has 0 saturated heterocycles. The fraction of sp³-hybridized carbons (Fsp3) is 0. The zero-order chi connectivity index (χ0) is 25.4. The first-order valence-corrected chi connectivity index (χ1v) is 12.7. The van der Waals surface area contributed by atoms with E-state index in [4.69, 9.17) is 0 Å². The molecule has 0 fully saturated rings. The molecule has 0 heterocycles. The van der Waals surface area contributed by atoms with Crippen LogP contribution in [0.2, 0.25) is 0 Å². The van der Waals surface area contributed by atoms with Gasteiger partial charge in [-0.05, 0) is 77.3 Å². The zero-order valence-corrected chi connectivity index (χ0v) is 20.3. The van der Waals surface area contributed by atoms with Crippen LogP contribution in [0.15, 0.2) is 121 Å². The summed E-state index contributed by atoms with van der Waals surface area (Å²) in [6.07, 6.45) is 0. The minimum absolute atomic E-state index is 0.204. The average Bonchev–Trinajstić information content (AvgIpc) is 2.96. The lowest BCUT2D eigenvalue weighted by molar-refractivity contribution is 0.630. The molecular weight excluding hydrogens is 470 g/mol. The van der Waals surface area contributed by atoms with Crippen molar-refractivity contribution in [3.63, 3.8) is 0 Å². The highest BCUT2D eigenvalue weighted by molar-refractivity contribution is 6.28. The summed E-state index contributed by atoms with van der Waals surface area (Å²) in [4.78, 5) is 0. The lowest BCUT2D eigenvalue weighted by Gasteiger charge is -2.18. The molecule has 0 unspecified atom stereocenters. The van der Waals surface area contributed by atoms with Gasteiger partial charge in [0.25, 0.3) is 0 Å². The maximum atomic E-state index is 15.8. The average molecular weight is 491 g/mol. The molecule has 8 aromatic rings. The molecule has 0 aliphatic heterocycles. The van der Waals surface area contributed by atoms with Crippen LogP contribution in [0.3, 0.4) is 0 Å². The molecule has 178 valence electrons. The smallest absolute Gasteiger partial charge is 0.138 e. The molecule has 0 bridgehead atoms. The summed E-state index contributed by atoms with van der Waals surface area (Å²) in [5, 5.41) is 9.91. The van der Waals surface area contributed by atoms with Gasteiger partial charge in [-0.15, -0.1) is 0 Å². The molecule has 0 nitrogen and oxygen atoms in total. The standard InChI is InChI=1S/C36H20F2/c37-25-19-24-6-2-3-7-26(24)33(20-25)29-15-11-23-12-16-30-28(14-10-22-13-17-31(29)35(23)34(22)30)32-18-9-21-5-1-4-8-27(21)36(32)38/h1-20H. The third-order valence-corrected chi connectivity index (χ3v) is 7.93. The van der Waals surface area contributed by atoms with E-state index >= 15 is 4.39 Å². The van der Waals surface area contributed by atoms with E-state index in [1.54, 1.807) is 12.1 Å². The number of halogens is 2. The second kappa shape index (κ2) is 7.84. The van der Waals surface area contributed by atoms with Crippen LogP contribution in [0.1, 0.15) is 0 Å². The second-order valence-electron chi connectivity index (χ2n) is 9.97. The van der Waals surface area contributed by atoms with Crippen LogP contribution < -0.4 is 0 Å². The normalized spacial score (nSPS) is 11.9. The van der Waals surface area contributed by atoms with Gasteiger partial charge in [0.15, 0.2) is 0 Å². The Morgan fingerprint density at radius 2 is 0.868 bits per heavy atom. The van der Waals surface area contributed by atoms with Gasteiger partial charge in [0.05, 0.1) is 0 Å². The van der Waals surface area contributed by atoms with Crippen LogP contribution in [0.25, 0.3) is 76.1 Å². The van der Waals surface area contributed by atoms with Gasteiger partial charge in [-0.25, -0.2) is 8.78 Å². The molecule has 0 amide bonds. The summed E-state index contributed by atoms with van der Waals surface area (Å²) >= 11 is 0. The summed E-state index contributed by atoms with van der Waals surface area (Å²) in [5.74, 6) is -0.455. The quantitative estimate of drug-likeness (QED) is 0.211. The fourth-order valence-electron chi connectivity index (χ4n) is 6.21. The largest absolute Gasteiger partial charge is 0.207 e. The van der Waals surface area contributed by atoms with Crippen LogP contribution in [0, 0.1) is 11.6 Å². The Balaban J connectivity index is 1.47. The minimum atomic E-state index is -0.251. The van der Waals surface area contributed by atoms with Crippen molar-refractivity contribution in [2.75, 3.05) is 0 Å².